The summed E-state index contributed by atoms with van der Waals surface area (Å²) in [5.41, 5.74) is 1.33. The normalized spacial score (nSPS) is 13.9. The lowest BCUT2D eigenvalue weighted by Gasteiger charge is -2.25. The first kappa shape index (κ1) is 25.2. The van der Waals surface area contributed by atoms with Gasteiger partial charge >= 0.3 is 6.18 Å². The monoisotopic (exact) mass is 499 g/mol. The average molecular weight is 500 g/mol. The quantitative estimate of drug-likeness (QED) is 0.540. The summed E-state index contributed by atoms with van der Waals surface area (Å²) in [4.78, 5) is 46.0. The zero-order valence-corrected chi connectivity index (χ0v) is 19.0. The van der Waals surface area contributed by atoms with Crippen molar-refractivity contribution in [2.24, 2.45) is 0 Å². The molecule has 2 aromatic rings. The van der Waals surface area contributed by atoms with E-state index in [4.69, 9.17) is 11.6 Å². The van der Waals surface area contributed by atoms with Gasteiger partial charge < -0.3 is 20.3 Å². The molecule has 13 heteroatoms. The molecular weight excluding hydrogens is 479 g/mol. The van der Waals surface area contributed by atoms with Gasteiger partial charge in [-0.15, -0.1) is 0 Å². The number of carbonyl (C=O) groups is 3. The lowest BCUT2D eigenvalue weighted by atomic mass is 10.1. The molecule has 1 unspecified atom stereocenters. The van der Waals surface area contributed by atoms with Crippen LogP contribution in [-0.2, 0) is 11.3 Å². The highest BCUT2D eigenvalue weighted by atomic mass is 35.5. The zero-order valence-electron chi connectivity index (χ0n) is 18.2. The number of hydrogen-bond donors (Lipinski definition) is 2. The van der Waals surface area contributed by atoms with E-state index in [1.165, 1.54) is 36.4 Å². The van der Waals surface area contributed by atoms with Crippen LogP contribution < -0.4 is 15.4 Å². The molecule has 0 spiro atoms. The minimum Gasteiger partial charge on any atom is -0.467 e. The first-order valence-corrected chi connectivity index (χ1v) is 10.5. The predicted molar refractivity (Wildman–Crippen MR) is 114 cm³/mol. The fourth-order valence-corrected chi connectivity index (χ4v) is 3.59. The Bertz CT molecular complexity index is 1110. The van der Waals surface area contributed by atoms with Crippen molar-refractivity contribution in [1.29, 1.82) is 0 Å². The first-order valence-electron chi connectivity index (χ1n) is 10.1. The van der Waals surface area contributed by atoms with E-state index in [1.807, 2.05) is 0 Å². The maximum Gasteiger partial charge on any atom is 0.422 e. The van der Waals surface area contributed by atoms with Crippen LogP contribution >= 0.6 is 11.6 Å². The van der Waals surface area contributed by atoms with Gasteiger partial charge in [0.2, 0.25) is 11.8 Å². The molecule has 9 nitrogen and oxygen atoms in total. The van der Waals surface area contributed by atoms with Gasteiger partial charge in [-0.1, -0.05) is 11.6 Å². The van der Waals surface area contributed by atoms with Crippen molar-refractivity contribution < 1.29 is 32.3 Å². The Balaban J connectivity index is 1.73. The summed E-state index contributed by atoms with van der Waals surface area (Å²) in [5.74, 6) is -1.42. The lowest BCUT2D eigenvalue weighted by molar-refractivity contribution is -0.154. The molecule has 0 radical (unpaired) electrons. The Morgan fingerprint density at radius 1 is 1.26 bits per heavy atom. The summed E-state index contributed by atoms with van der Waals surface area (Å²) in [6.07, 6.45) is -1.89. The maximum absolute atomic E-state index is 13.0. The second-order valence-corrected chi connectivity index (χ2v) is 7.90. The van der Waals surface area contributed by atoms with Gasteiger partial charge in [-0.05, 0) is 24.6 Å². The topological polar surface area (TPSA) is 114 Å². The second-order valence-electron chi connectivity index (χ2n) is 7.49. The van der Waals surface area contributed by atoms with E-state index in [1.54, 1.807) is 6.92 Å². The molecule has 0 aliphatic carbocycles. The number of fused-ring (bicyclic) bond motifs is 1. The first-order chi connectivity index (χ1) is 16.0. The van der Waals surface area contributed by atoms with Crippen LogP contribution in [0.25, 0.3) is 0 Å². The molecule has 2 N–H and O–H groups in total. The fraction of sp³-hybridized carbons (Fsp3) is 0.381. The van der Waals surface area contributed by atoms with E-state index in [0.29, 0.717) is 16.7 Å². The van der Waals surface area contributed by atoms with E-state index in [9.17, 15) is 27.6 Å². The van der Waals surface area contributed by atoms with Crippen molar-refractivity contribution in [3.8, 4) is 5.88 Å². The van der Waals surface area contributed by atoms with Gasteiger partial charge in [0.05, 0.1) is 6.04 Å². The number of rotatable bonds is 8. The Morgan fingerprint density at radius 3 is 2.62 bits per heavy atom. The largest absolute Gasteiger partial charge is 0.467 e. The Labute approximate surface area is 197 Å². The smallest absolute Gasteiger partial charge is 0.422 e. The number of alkyl halides is 3. The zero-order chi connectivity index (χ0) is 25.0. The van der Waals surface area contributed by atoms with Crippen molar-refractivity contribution >= 4 is 29.3 Å². The van der Waals surface area contributed by atoms with Crippen LogP contribution in [0, 0.1) is 0 Å². The summed E-state index contributed by atoms with van der Waals surface area (Å²) in [6, 6.07) is 2.34. The summed E-state index contributed by atoms with van der Waals surface area (Å²) in [6.45, 7) is 2.05. The van der Waals surface area contributed by atoms with Crippen molar-refractivity contribution in [3.05, 3.63) is 51.9 Å². The molecule has 1 atom stereocenters. The van der Waals surface area contributed by atoms with Crippen molar-refractivity contribution in [1.82, 2.24) is 25.5 Å². The molecule has 3 heterocycles. The van der Waals surface area contributed by atoms with Crippen LogP contribution in [0.1, 0.15) is 51.9 Å². The molecule has 0 saturated carbocycles. The Hall–Kier alpha value is -3.41. The number of amides is 3. The van der Waals surface area contributed by atoms with Crippen LogP contribution in [0.5, 0.6) is 5.88 Å². The summed E-state index contributed by atoms with van der Waals surface area (Å²) in [5, 5.41) is 5.08. The molecule has 2 aromatic heterocycles. The van der Waals surface area contributed by atoms with Gasteiger partial charge in [-0.2, -0.15) is 13.2 Å². The minimum atomic E-state index is -4.54. The van der Waals surface area contributed by atoms with Gasteiger partial charge in [-0.3, -0.25) is 19.4 Å². The fourth-order valence-electron chi connectivity index (χ4n) is 3.36. The standard InChI is InChI=1S/C21H21ClF3N5O4/c1-11(13-7-16(22)19(29-8-13)34-10-21(23,24)25)30-9-15-14(20(30)33)3-4-27-17(15)18(32)28-6-5-26-12(2)31/h3-4,7-8,11H,5-6,9-10H2,1-2H3,(H,26,31)(H,28,32). The number of nitrogens with zero attached hydrogens (tertiary/aromatic N) is 3. The molecule has 0 fully saturated rings. The SMILES string of the molecule is CC(=O)NCCNC(=O)c1nccc2c1CN(C(C)c1cnc(OCC(F)(F)F)c(Cl)c1)C2=O. The number of halogens is 4. The molecule has 34 heavy (non-hydrogen) atoms. The van der Waals surface area contributed by atoms with E-state index >= 15 is 0 Å². The van der Waals surface area contributed by atoms with E-state index < -0.39 is 24.7 Å². The number of hydrogen-bond acceptors (Lipinski definition) is 6. The Kier molecular flexibility index (Phi) is 7.60. The van der Waals surface area contributed by atoms with Crippen LogP contribution in [0.2, 0.25) is 5.02 Å². The highest BCUT2D eigenvalue weighted by Crippen LogP contribution is 2.34. The third kappa shape index (κ3) is 5.93. The van der Waals surface area contributed by atoms with Crippen LogP contribution in [0.3, 0.4) is 0 Å². The molecule has 0 saturated heterocycles. The number of pyridine rings is 2. The minimum absolute atomic E-state index is 0.0849. The molecule has 1 aliphatic heterocycles. The number of aromatic nitrogens is 2. The van der Waals surface area contributed by atoms with Gasteiger partial charge in [0.15, 0.2) is 6.61 Å². The van der Waals surface area contributed by atoms with Gasteiger partial charge in [0, 0.05) is 50.1 Å². The highest BCUT2D eigenvalue weighted by molar-refractivity contribution is 6.31. The van der Waals surface area contributed by atoms with Gasteiger partial charge in [0.1, 0.15) is 10.7 Å². The third-order valence-electron chi connectivity index (χ3n) is 5.03. The molecule has 1 aliphatic rings. The Morgan fingerprint density at radius 2 is 1.97 bits per heavy atom. The molecule has 0 bridgehead atoms. The lowest BCUT2D eigenvalue weighted by Crippen LogP contribution is -2.34. The van der Waals surface area contributed by atoms with E-state index in [2.05, 4.69) is 25.3 Å². The summed E-state index contributed by atoms with van der Waals surface area (Å²) in [7, 11) is 0. The summed E-state index contributed by atoms with van der Waals surface area (Å²) >= 11 is 6.03. The molecular formula is C21H21ClF3N5O4. The average Bonchev–Trinajstić information content (AvgIpc) is 3.11. The maximum atomic E-state index is 13.0. The number of carbonyl (C=O) groups excluding carboxylic acids is 3. The third-order valence-corrected chi connectivity index (χ3v) is 5.30. The number of nitrogens with one attached hydrogen (secondary N) is 2. The van der Waals surface area contributed by atoms with Crippen LogP contribution in [0.4, 0.5) is 13.2 Å². The van der Waals surface area contributed by atoms with Crippen LogP contribution in [-0.4, -0.2) is 58.5 Å². The molecule has 0 aromatic carbocycles. The van der Waals surface area contributed by atoms with Gasteiger partial charge in [0.25, 0.3) is 11.8 Å². The van der Waals surface area contributed by atoms with E-state index in [0.717, 1.165) is 0 Å². The highest BCUT2D eigenvalue weighted by Gasteiger charge is 2.35. The second kappa shape index (κ2) is 10.2. The van der Waals surface area contributed by atoms with Gasteiger partial charge in [-0.25, -0.2) is 4.98 Å². The van der Waals surface area contributed by atoms with Crippen molar-refractivity contribution in [3.63, 3.8) is 0 Å². The predicted octanol–water partition coefficient (Wildman–Crippen LogP) is 2.65. The molecule has 3 rings (SSSR count). The molecule has 3 amide bonds. The number of ether oxygens (including phenoxy) is 1. The van der Waals surface area contributed by atoms with E-state index in [-0.39, 0.29) is 48.0 Å². The van der Waals surface area contributed by atoms with Crippen molar-refractivity contribution in [2.45, 2.75) is 32.6 Å². The van der Waals surface area contributed by atoms with Crippen LogP contribution in [0.15, 0.2) is 24.5 Å². The molecule has 182 valence electrons. The summed E-state index contributed by atoms with van der Waals surface area (Å²) < 4.78 is 41.7. The van der Waals surface area contributed by atoms with Crippen molar-refractivity contribution in [2.75, 3.05) is 19.7 Å².